The average Bonchev–Trinajstić information content (AvgIpc) is 2.36. The number of rotatable bonds is 6. The van der Waals surface area contributed by atoms with Crippen LogP contribution in [0.25, 0.3) is 0 Å². The normalized spacial score (nSPS) is 12.5. The van der Waals surface area contributed by atoms with Crippen LogP contribution in [-0.4, -0.2) is 39.7 Å². The first-order chi connectivity index (χ1) is 8.72. The number of pyridine rings is 1. The van der Waals surface area contributed by atoms with E-state index < -0.39 is 15.6 Å². The number of nitrogens with zero attached hydrogens (tertiary/aromatic N) is 1. The smallest absolute Gasteiger partial charge is 0.242 e. The number of ether oxygens (including phenoxy) is 1. The van der Waals surface area contributed by atoms with E-state index in [1.165, 1.54) is 19.4 Å². The van der Waals surface area contributed by atoms with Gasteiger partial charge in [-0.1, -0.05) is 11.6 Å². The highest BCUT2D eigenvalue weighted by molar-refractivity contribution is 7.89. The van der Waals surface area contributed by atoms with Crippen LogP contribution in [-0.2, 0) is 14.8 Å². The van der Waals surface area contributed by atoms with E-state index >= 15 is 0 Å². The number of sulfonamides is 1. The maximum atomic E-state index is 12.1. The topological polar surface area (TPSA) is 80.3 Å². The molecule has 1 aromatic heterocycles. The highest BCUT2D eigenvalue weighted by Gasteiger charge is 2.22. The zero-order chi connectivity index (χ0) is 14.7. The lowest BCUT2D eigenvalue weighted by Crippen LogP contribution is -2.39. The van der Waals surface area contributed by atoms with Crippen molar-refractivity contribution in [2.45, 2.75) is 24.3 Å². The van der Waals surface area contributed by atoms with Gasteiger partial charge >= 0.3 is 0 Å². The number of hydrogen-bond acceptors (Lipinski definition) is 5. The SMILES string of the molecule is CNc1ncc(S(=O)(=O)NCC(C)(C)OC)cc1Cl. The Bertz CT molecular complexity index is 546. The van der Waals surface area contributed by atoms with Gasteiger partial charge in [-0.25, -0.2) is 18.1 Å². The number of hydrogen-bond donors (Lipinski definition) is 2. The lowest BCUT2D eigenvalue weighted by atomic mass is 10.1. The highest BCUT2D eigenvalue weighted by atomic mass is 35.5. The summed E-state index contributed by atoms with van der Waals surface area (Å²) < 4.78 is 31.7. The van der Waals surface area contributed by atoms with E-state index in [1.54, 1.807) is 20.9 Å². The number of nitrogens with one attached hydrogen (secondary N) is 2. The average molecular weight is 308 g/mol. The fraction of sp³-hybridized carbons (Fsp3) is 0.545. The van der Waals surface area contributed by atoms with Crippen molar-refractivity contribution in [3.05, 3.63) is 17.3 Å². The van der Waals surface area contributed by atoms with Crippen LogP contribution in [0.1, 0.15) is 13.8 Å². The van der Waals surface area contributed by atoms with Gasteiger partial charge < -0.3 is 10.1 Å². The van der Waals surface area contributed by atoms with Crippen LogP contribution in [0.5, 0.6) is 0 Å². The molecule has 1 aromatic rings. The largest absolute Gasteiger partial charge is 0.377 e. The molecule has 19 heavy (non-hydrogen) atoms. The first-order valence-corrected chi connectivity index (χ1v) is 7.46. The van der Waals surface area contributed by atoms with Crippen molar-refractivity contribution in [2.75, 3.05) is 26.0 Å². The summed E-state index contributed by atoms with van der Waals surface area (Å²) in [4.78, 5) is 3.95. The molecule has 0 bridgehead atoms. The summed E-state index contributed by atoms with van der Waals surface area (Å²) in [5, 5.41) is 3.01. The molecule has 2 N–H and O–H groups in total. The predicted octanol–water partition coefficient (Wildman–Crippen LogP) is 1.48. The lowest BCUT2D eigenvalue weighted by Gasteiger charge is -2.23. The summed E-state index contributed by atoms with van der Waals surface area (Å²) in [5.74, 6) is 0.429. The molecule has 0 aliphatic heterocycles. The Kier molecular flexibility index (Phi) is 5.14. The first-order valence-electron chi connectivity index (χ1n) is 5.60. The van der Waals surface area contributed by atoms with Gasteiger partial charge in [0.2, 0.25) is 10.0 Å². The molecule has 1 heterocycles. The fourth-order valence-corrected chi connectivity index (χ4v) is 2.67. The Balaban J connectivity index is 2.92. The predicted molar refractivity (Wildman–Crippen MR) is 75.1 cm³/mol. The molecule has 0 saturated heterocycles. The second-order valence-corrected chi connectivity index (χ2v) is 6.71. The quantitative estimate of drug-likeness (QED) is 0.832. The van der Waals surface area contributed by atoms with Gasteiger partial charge in [-0.3, -0.25) is 0 Å². The van der Waals surface area contributed by atoms with Gasteiger partial charge in [-0.05, 0) is 19.9 Å². The minimum atomic E-state index is -3.66. The van der Waals surface area contributed by atoms with Crippen LogP contribution in [0.15, 0.2) is 17.2 Å². The summed E-state index contributed by atoms with van der Waals surface area (Å²) in [6.45, 7) is 3.72. The Hall–Kier alpha value is -0.890. The van der Waals surface area contributed by atoms with Gasteiger partial charge in [0.05, 0.1) is 10.6 Å². The van der Waals surface area contributed by atoms with E-state index in [0.29, 0.717) is 5.82 Å². The monoisotopic (exact) mass is 307 g/mol. The molecule has 0 unspecified atom stereocenters. The van der Waals surface area contributed by atoms with Crippen LogP contribution >= 0.6 is 11.6 Å². The minimum absolute atomic E-state index is 0.0170. The van der Waals surface area contributed by atoms with Crippen LogP contribution in [0.4, 0.5) is 5.82 Å². The van der Waals surface area contributed by atoms with Gasteiger partial charge in [0, 0.05) is 26.9 Å². The molecular weight excluding hydrogens is 290 g/mol. The van der Waals surface area contributed by atoms with E-state index in [9.17, 15) is 8.42 Å². The molecule has 8 heteroatoms. The summed E-state index contributed by atoms with van der Waals surface area (Å²) in [5.41, 5.74) is -0.588. The molecule has 0 atom stereocenters. The minimum Gasteiger partial charge on any atom is -0.377 e. The number of halogens is 1. The Labute approximate surface area is 118 Å². The molecule has 0 saturated carbocycles. The second kappa shape index (κ2) is 6.04. The summed E-state index contributed by atoms with van der Waals surface area (Å²) >= 11 is 5.91. The Morgan fingerprint density at radius 2 is 2.11 bits per heavy atom. The third-order valence-corrected chi connectivity index (χ3v) is 4.26. The zero-order valence-corrected chi connectivity index (χ0v) is 12.9. The van der Waals surface area contributed by atoms with Gasteiger partial charge in [0.1, 0.15) is 10.7 Å². The van der Waals surface area contributed by atoms with Crippen LogP contribution in [0, 0.1) is 0 Å². The van der Waals surface area contributed by atoms with Gasteiger partial charge in [0.15, 0.2) is 0 Å². The molecule has 0 aliphatic rings. The maximum Gasteiger partial charge on any atom is 0.242 e. The maximum absolute atomic E-state index is 12.1. The summed E-state index contributed by atoms with van der Waals surface area (Å²) in [7, 11) is -0.479. The Morgan fingerprint density at radius 3 is 2.58 bits per heavy atom. The van der Waals surface area contributed by atoms with Crippen LogP contribution in [0.2, 0.25) is 5.02 Å². The van der Waals surface area contributed by atoms with E-state index in [4.69, 9.17) is 16.3 Å². The van der Waals surface area contributed by atoms with Crippen molar-refractivity contribution in [1.29, 1.82) is 0 Å². The standard InChI is InChI=1S/C11H18ClN3O3S/c1-11(2,18-4)7-15-19(16,17)8-5-9(12)10(13-3)14-6-8/h5-6,15H,7H2,1-4H3,(H,13,14). The summed E-state index contributed by atoms with van der Waals surface area (Å²) in [6.07, 6.45) is 1.25. The van der Waals surface area contributed by atoms with Crippen LogP contribution < -0.4 is 10.0 Å². The second-order valence-electron chi connectivity index (χ2n) is 4.54. The summed E-state index contributed by atoms with van der Waals surface area (Å²) in [6, 6.07) is 1.35. The van der Waals surface area contributed by atoms with Crippen molar-refractivity contribution in [3.8, 4) is 0 Å². The molecule has 0 radical (unpaired) electrons. The fourth-order valence-electron chi connectivity index (χ4n) is 1.18. The third-order valence-electron chi connectivity index (χ3n) is 2.60. The van der Waals surface area contributed by atoms with Crippen LogP contribution in [0.3, 0.4) is 0 Å². The molecule has 6 nitrogen and oxygen atoms in total. The van der Waals surface area contributed by atoms with Crippen molar-refractivity contribution >= 4 is 27.4 Å². The zero-order valence-electron chi connectivity index (χ0n) is 11.3. The van der Waals surface area contributed by atoms with E-state index in [-0.39, 0.29) is 16.5 Å². The molecule has 1 rings (SSSR count). The number of aromatic nitrogens is 1. The Morgan fingerprint density at radius 1 is 1.47 bits per heavy atom. The van der Waals surface area contributed by atoms with Crippen molar-refractivity contribution in [3.63, 3.8) is 0 Å². The molecule has 0 spiro atoms. The molecule has 108 valence electrons. The van der Waals surface area contributed by atoms with Gasteiger partial charge in [0.25, 0.3) is 0 Å². The number of methoxy groups -OCH3 is 1. The number of anilines is 1. The van der Waals surface area contributed by atoms with Crippen molar-refractivity contribution < 1.29 is 13.2 Å². The van der Waals surface area contributed by atoms with Gasteiger partial charge in [-0.2, -0.15) is 0 Å². The molecule has 0 amide bonds. The van der Waals surface area contributed by atoms with Gasteiger partial charge in [-0.15, -0.1) is 0 Å². The molecule has 0 fully saturated rings. The van der Waals surface area contributed by atoms with Crippen molar-refractivity contribution in [2.24, 2.45) is 0 Å². The van der Waals surface area contributed by atoms with E-state index in [1.807, 2.05) is 0 Å². The molecular formula is C11H18ClN3O3S. The van der Waals surface area contributed by atoms with E-state index in [0.717, 1.165) is 0 Å². The molecule has 0 aromatic carbocycles. The lowest BCUT2D eigenvalue weighted by molar-refractivity contribution is 0.0276. The molecule has 0 aliphatic carbocycles. The highest BCUT2D eigenvalue weighted by Crippen LogP contribution is 2.22. The first kappa shape index (κ1) is 16.2. The van der Waals surface area contributed by atoms with Crippen molar-refractivity contribution in [1.82, 2.24) is 9.71 Å². The third kappa shape index (κ3) is 4.31. The van der Waals surface area contributed by atoms with E-state index in [2.05, 4.69) is 15.0 Å².